The van der Waals surface area contributed by atoms with Gasteiger partial charge in [0.15, 0.2) is 5.11 Å². The third kappa shape index (κ3) is 4.74. The Labute approximate surface area is 228 Å². The van der Waals surface area contributed by atoms with Crippen LogP contribution in [-0.2, 0) is 4.74 Å². The fraction of sp³-hybridized carbons (Fsp3) is 0.214. The van der Waals surface area contributed by atoms with Crippen molar-refractivity contribution < 1.29 is 13.5 Å². The molecule has 0 spiro atoms. The molecule has 0 radical (unpaired) electrons. The summed E-state index contributed by atoms with van der Waals surface area (Å²) in [7, 11) is 0. The van der Waals surface area contributed by atoms with Crippen LogP contribution in [0.1, 0.15) is 23.5 Å². The van der Waals surface area contributed by atoms with Gasteiger partial charge in [0.2, 0.25) is 0 Å². The predicted octanol–water partition coefficient (Wildman–Crippen LogP) is 6.26. The number of anilines is 2. The van der Waals surface area contributed by atoms with Crippen LogP contribution in [0.2, 0.25) is 0 Å². The Morgan fingerprint density at radius 1 is 0.973 bits per heavy atom. The van der Waals surface area contributed by atoms with E-state index < -0.39 is 0 Å². The molecule has 4 heterocycles. The predicted molar refractivity (Wildman–Crippen MR) is 149 cm³/mol. The SMILES string of the molecule is Fc1cc(Br)ccc1-c1ccc([C@@H]2[C@@H](c3ccccn3)NC(=S)N2c2ccc(N3CCOCC3)cc2)o1. The lowest BCUT2D eigenvalue weighted by Gasteiger charge is -2.30. The van der Waals surface area contributed by atoms with Crippen molar-refractivity contribution in [3.63, 3.8) is 0 Å². The normalized spacial score (nSPS) is 19.8. The van der Waals surface area contributed by atoms with Gasteiger partial charge in [-0.2, -0.15) is 0 Å². The molecular weight excluding hydrogens is 555 g/mol. The first-order valence-corrected chi connectivity index (χ1v) is 13.3. The summed E-state index contributed by atoms with van der Waals surface area (Å²) in [6, 6.07) is 22.2. The minimum atomic E-state index is -0.354. The van der Waals surface area contributed by atoms with Crippen LogP contribution in [0.3, 0.4) is 0 Å². The lowest BCUT2D eigenvalue weighted by molar-refractivity contribution is 0.122. The van der Waals surface area contributed by atoms with E-state index in [1.165, 1.54) is 6.07 Å². The average Bonchev–Trinajstić information content (AvgIpc) is 3.54. The molecule has 0 aliphatic carbocycles. The summed E-state index contributed by atoms with van der Waals surface area (Å²) in [4.78, 5) is 8.96. The number of pyridine rings is 1. The molecule has 2 aromatic carbocycles. The summed E-state index contributed by atoms with van der Waals surface area (Å²) in [6.45, 7) is 3.20. The summed E-state index contributed by atoms with van der Waals surface area (Å²) in [5, 5.41) is 4.02. The van der Waals surface area contributed by atoms with Crippen LogP contribution < -0.4 is 15.1 Å². The monoisotopic (exact) mass is 578 g/mol. The topological polar surface area (TPSA) is 53.8 Å². The Bertz CT molecular complexity index is 1410. The van der Waals surface area contributed by atoms with E-state index in [4.69, 9.17) is 21.4 Å². The van der Waals surface area contributed by atoms with E-state index in [2.05, 4.69) is 60.3 Å². The number of ether oxygens (including phenoxy) is 1. The van der Waals surface area contributed by atoms with Crippen LogP contribution in [0.15, 0.2) is 87.9 Å². The number of rotatable bonds is 5. The van der Waals surface area contributed by atoms with Crippen molar-refractivity contribution in [2.24, 2.45) is 0 Å². The molecule has 6 rings (SSSR count). The highest BCUT2D eigenvalue weighted by molar-refractivity contribution is 9.10. The number of aromatic nitrogens is 1. The van der Waals surface area contributed by atoms with Gasteiger partial charge in [0.25, 0.3) is 0 Å². The lowest BCUT2D eigenvalue weighted by Crippen LogP contribution is -2.36. The van der Waals surface area contributed by atoms with Crippen molar-refractivity contribution in [3.05, 3.63) is 101 Å². The van der Waals surface area contributed by atoms with Gasteiger partial charge in [0, 0.05) is 35.1 Å². The minimum Gasteiger partial charge on any atom is -0.459 e. The summed E-state index contributed by atoms with van der Waals surface area (Å²) >= 11 is 9.14. The second kappa shape index (κ2) is 10.2. The highest BCUT2D eigenvalue weighted by atomic mass is 79.9. The number of furan rings is 1. The summed E-state index contributed by atoms with van der Waals surface area (Å²) in [5.74, 6) is 0.768. The largest absolute Gasteiger partial charge is 0.459 e. The molecule has 0 amide bonds. The third-order valence-corrected chi connectivity index (χ3v) is 7.52. The van der Waals surface area contributed by atoms with Gasteiger partial charge in [-0.15, -0.1) is 0 Å². The molecule has 9 heteroatoms. The Kier molecular flexibility index (Phi) is 6.67. The summed E-state index contributed by atoms with van der Waals surface area (Å²) < 4.78 is 27.2. The molecule has 1 N–H and O–H groups in total. The second-order valence-corrected chi connectivity index (χ2v) is 10.2. The van der Waals surface area contributed by atoms with Crippen LogP contribution in [0.25, 0.3) is 11.3 Å². The highest BCUT2D eigenvalue weighted by Crippen LogP contribution is 2.43. The Hall–Kier alpha value is -3.27. The minimum absolute atomic E-state index is 0.249. The maximum absolute atomic E-state index is 14.7. The van der Waals surface area contributed by atoms with Gasteiger partial charge in [-0.25, -0.2) is 4.39 Å². The van der Waals surface area contributed by atoms with E-state index in [1.54, 1.807) is 24.4 Å². The molecule has 2 aromatic heterocycles. The van der Waals surface area contributed by atoms with E-state index in [-0.39, 0.29) is 17.9 Å². The lowest BCUT2D eigenvalue weighted by atomic mass is 10.0. The molecule has 2 aliphatic heterocycles. The third-order valence-electron chi connectivity index (χ3n) is 6.72. The number of nitrogens with one attached hydrogen (secondary N) is 1. The van der Waals surface area contributed by atoms with Crippen LogP contribution in [0, 0.1) is 5.82 Å². The number of halogens is 2. The average molecular weight is 579 g/mol. The zero-order valence-corrected chi connectivity index (χ0v) is 22.2. The number of benzene rings is 2. The van der Waals surface area contributed by atoms with Crippen LogP contribution in [-0.4, -0.2) is 36.4 Å². The van der Waals surface area contributed by atoms with E-state index in [9.17, 15) is 4.39 Å². The number of hydrogen-bond acceptors (Lipinski definition) is 5. The highest BCUT2D eigenvalue weighted by Gasteiger charge is 2.42. The van der Waals surface area contributed by atoms with Gasteiger partial charge < -0.3 is 24.3 Å². The maximum atomic E-state index is 14.7. The molecule has 2 aliphatic rings. The van der Waals surface area contributed by atoms with Gasteiger partial charge in [-0.05, 0) is 78.9 Å². The van der Waals surface area contributed by atoms with Gasteiger partial charge in [0.1, 0.15) is 23.4 Å². The maximum Gasteiger partial charge on any atom is 0.174 e. The van der Waals surface area contributed by atoms with Crippen LogP contribution >= 0.6 is 28.1 Å². The van der Waals surface area contributed by atoms with Gasteiger partial charge >= 0.3 is 0 Å². The molecule has 2 saturated heterocycles. The van der Waals surface area contributed by atoms with Crippen molar-refractivity contribution in [2.45, 2.75) is 12.1 Å². The van der Waals surface area contributed by atoms with E-state index in [1.807, 2.05) is 24.3 Å². The molecule has 0 bridgehead atoms. The Balaban J connectivity index is 1.38. The van der Waals surface area contributed by atoms with Crippen molar-refractivity contribution in [1.82, 2.24) is 10.3 Å². The number of nitrogens with zero attached hydrogens (tertiary/aromatic N) is 3. The molecule has 2 fully saturated rings. The van der Waals surface area contributed by atoms with Crippen molar-refractivity contribution in [2.75, 3.05) is 36.1 Å². The first-order chi connectivity index (χ1) is 18.1. The standard InChI is InChI=1S/C28H24BrFN4O2S/c29-18-4-9-21(22(30)17-18)24-10-11-25(36-24)27-26(23-3-1-2-12-31-23)32-28(37)34(27)20-7-5-19(6-8-20)33-13-15-35-16-14-33/h1-12,17,26-27H,13-16H2,(H,32,37)/t26-,27-/m1/s1. The molecule has 2 atom stereocenters. The van der Waals surface area contributed by atoms with Gasteiger partial charge in [-0.1, -0.05) is 22.0 Å². The smallest absolute Gasteiger partial charge is 0.174 e. The van der Waals surface area contributed by atoms with Gasteiger partial charge in [0.05, 0.1) is 30.5 Å². The second-order valence-electron chi connectivity index (χ2n) is 8.94. The zero-order chi connectivity index (χ0) is 25.4. The summed E-state index contributed by atoms with van der Waals surface area (Å²) in [6.07, 6.45) is 1.77. The zero-order valence-electron chi connectivity index (χ0n) is 19.8. The number of hydrogen-bond donors (Lipinski definition) is 1. The molecule has 0 unspecified atom stereocenters. The number of thiocarbonyl (C=S) groups is 1. The molecule has 0 saturated carbocycles. The number of morpholine rings is 1. The fourth-order valence-electron chi connectivity index (χ4n) is 4.91. The first-order valence-electron chi connectivity index (χ1n) is 12.1. The molecule has 188 valence electrons. The van der Waals surface area contributed by atoms with Crippen molar-refractivity contribution in [3.8, 4) is 11.3 Å². The van der Waals surface area contributed by atoms with Crippen molar-refractivity contribution in [1.29, 1.82) is 0 Å². The van der Waals surface area contributed by atoms with Crippen molar-refractivity contribution >= 4 is 44.6 Å². The molecule has 37 heavy (non-hydrogen) atoms. The van der Waals surface area contributed by atoms with Gasteiger partial charge in [-0.3, -0.25) is 4.98 Å². The first kappa shape index (κ1) is 24.1. The fourth-order valence-corrected chi connectivity index (χ4v) is 5.59. The van der Waals surface area contributed by atoms with E-state index >= 15 is 0 Å². The van der Waals surface area contributed by atoms with Crippen LogP contribution in [0.5, 0.6) is 0 Å². The van der Waals surface area contributed by atoms with Crippen LogP contribution in [0.4, 0.5) is 15.8 Å². The Morgan fingerprint density at radius 3 is 2.49 bits per heavy atom. The van der Waals surface area contributed by atoms with E-state index in [0.29, 0.717) is 26.7 Å². The Morgan fingerprint density at radius 2 is 1.76 bits per heavy atom. The molecule has 6 nitrogen and oxygen atoms in total. The molecular formula is C28H24BrFN4O2S. The summed E-state index contributed by atoms with van der Waals surface area (Å²) in [5.41, 5.74) is 3.33. The van der Waals surface area contributed by atoms with E-state index in [0.717, 1.165) is 43.4 Å². The molecule has 4 aromatic rings. The quantitative estimate of drug-likeness (QED) is 0.280.